The first-order chi connectivity index (χ1) is 31.6. The summed E-state index contributed by atoms with van der Waals surface area (Å²) in [7, 11) is -3.71. The number of fused-ring (bicyclic) bond motifs is 4. The lowest BCUT2D eigenvalue weighted by Crippen LogP contribution is -2.50. The predicted octanol–water partition coefficient (Wildman–Crippen LogP) is -1.55. The summed E-state index contributed by atoms with van der Waals surface area (Å²) < 4.78 is 112. The second kappa shape index (κ2) is 21.7. The molecule has 15 atom stereocenters. The van der Waals surface area contributed by atoms with Gasteiger partial charge in [-0.05, 0) is 55.4 Å². The lowest BCUT2D eigenvalue weighted by atomic mass is 10.1. The van der Waals surface area contributed by atoms with Gasteiger partial charge in [-0.3, -0.25) is 23.4 Å². The number of ether oxygens (including phenoxy) is 16. The molecule has 0 saturated carbocycles. The van der Waals surface area contributed by atoms with Crippen molar-refractivity contribution in [2.75, 3.05) is 32.7 Å². The number of rotatable bonds is 10. The Bertz CT molecular complexity index is 1860. The number of esters is 4. The van der Waals surface area contributed by atoms with Crippen LogP contribution in [0.15, 0.2) is 0 Å². The van der Waals surface area contributed by atoms with Crippen LogP contribution in [-0.2, 0) is 109 Å². The molecule has 0 spiro atoms. The van der Waals surface area contributed by atoms with Crippen molar-refractivity contribution in [2.24, 2.45) is 0 Å². The molecule has 8 fully saturated rings. The maximum Gasteiger partial charge on any atom is 0.302 e. The Morgan fingerprint density at radius 1 is 0.478 bits per heavy atom. The second-order valence-corrected chi connectivity index (χ2v) is 20.3. The van der Waals surface area contributed by atoms with Crippen LogP contribution < -0.4 is 0 Å². The summed E-state index contributed by atoms with van der Waals surface area (Å²) in [5.74, 6) is -7.39. The van der Waals surface area contributed by atoms with E-state index in [9.17, 15) is 48.0 Å². The fourth-order valence-corrected chi connectivity index (χ4v) is 8.54. The third kappa shape index (κ3) is 15.3. The van der Waals surface area contributed by atoms with E-state index in [0.717, 1.165) is 6.26 Å². The van der Waals surface area contributed by atoms with E-state index >= 15 is 0 Å². The Labute approximate surface area is 398 Å². The first-order valence-corrected chi connectivity index (χ1v) is 23.7. The molecule has 28 heteroatoms. The van der Waals surface area contributed by atoms with Gasteiger partial charge in [0.15, 0.2) is 60.5 Å². The molecule has 0 aromatic carbocycles. The normalized spacial score (nSPS) is 38.6. The minimum absolute atomic E-state index is 0.0106. The van der Waals surface area contributed by atoms with E-state index in [1.807, 2.05) is 0 Å². The van der Waals surface area contributed by atoms with Gasteiger partial charge in [0.05, 0.1) is 6.26 Å². The number of hydrogen-bond donors (Lipinski definition) is 4. The first-order valence-electron chi connectivity index (χ1n) is 21.8. The highest BCUT2D eigenvalue weighted by molar-refractivity contribution is 7.86. The average Bonchev–Trinajstić information content (AvgIpc) is 4.05. The topological polar surface area (TPSA) is 340 Å². The van der Waals surface area contributed by atoms with Gasteiger partial charge in [-0.1, -0.05) is 0 Å². The minimum Gasteiger partial charge on any atom is -0.463 e. The average molecular weight is 1020 g/mol. The molecule has 0 aliphatic carbocycles. The second-order valence-electron chi connectivity index (χ2n) is 18.7. The Balaban J connectivity index is 0.000000172. The highest BCUT2D eigenvalue weighted by Gasteiger charge is 2.63. The van der Waals surface area contributed by atoms with Crippen LogP contribution in [0.1, 0.15) is 83.1 Å². The summed E-state index contributed by atoms with van der Waals surface area (Å²) in [6, 6.07) is 0. The van der Waals surface area contributed by atoms with Crippen LogP contribution in [0.4, 0.5) is 0 Å². The number of aliphatic hydroxyl groups is 4. The standard InChI is InChI=1S/C11H18O8S.C10H16O7.2C10H16O6/c1-6(12)15-5-7-8(19-20(4,13)14)9-10(16-7)18-11(2,3)17-9;1-5(11)14-4-6-10(12,13)7-8(15-6)17-9(2,3)16-7;2*1-5(11)13-4-6-7(12)8-9(14-6)16-10(2,3)15-8/h7-10H,5H2,1-4H3;6-8,12-13H,4H2,1-3H3;2*6-9,12H,4H2,1-3H3/t7-,8-,9-,10?;6-,7+,8?;6-,7+,8-,9?;6-,7-,8-,9?/m1111/s1. The highest BCUT2D eigenvalue weighted by Crippen LogP contribution is 2.43. The summed E-state index contributed by atoms with van der Waals surface area (Å²) in [5, 5.41) is 39.6. The highest BCUT2D eigenvalue weighted by atomic mass is 32.2. The van der Waals surface area contributed by atoms with E-state index in [1.165, 1.54) is 27.7 Å². The lowest BCUT2D eigenvalue weighted by molar-refractivity contribution is -0.285. The van der Waals surface area contributed by atoms with Crippen molar-refractivity contribution in [3.05, 3.63) is 0 Å². The summed E-state index contributed by atoms with van der Waals surface area (Å²) in [6.45, 7) is 18.4. The van der Waals surface area contributed by atoms with Crippen molar-refractivity contribution in [2.45, 2.75) is 204 Å². The van der Waals surface area contributed by atoms with E-state index in [4.69, 9.17) is 75.2 Å². The monoisotopic (exact) mass is 1020 g/mol. The molecule has 27 nitrogen and oxygen atoms in total. The molecule has 0 aromatic heterocycles. The van der Waals surface area contributed by atoms with Crippen molar-refractivity contribution >= 4 is 34.0 Å². The van der Waals surface area contributed by atoms with E-state index in [2.05, 4.69) is 4.74 Å². The van der Waals surface area contributed by atoms with Crippen molar-refractivity contribution in [1.82, 2.24) is 0 Å². The molecule has 8 aliphatic rings. The molecular weight excluding hydrogens is 956 g/mol. The number of carbonyl (C=O) groups is 4. The van der Waals surface area contributed by atoms with Crippen molar-refractivity contribution in [1.29, 1.82) is 0 Å². The third-order valence-corrected chi connectivity index (χ3v) is 11.2. The Kier molecular flexibility index (Phi) is 17.9. The van der Waals surface area contributed by atoms with Gasteiger partial charge in [0.1, 0.15) is 81.4 Å². The Morgan fingerprint density at radius 2 is 0.812 bits per heavy atom. The SMILES string of the molecule is CC(=O)OC[C@H]1OC2OC(C)(C)O[C@@H]2C1(O)O.CC(=O)OC[C@H]1OC2OC(C)(C)O[C@@H]2[C@@H]1O.CC(=O)OC[C@H]1OC2OC(C)(C)O[C@@H]2[C@@H]1OS(C)(=O)=O.CC(=O)OC[C@H]1OC2OC(C)(C)O[C@@H]2[C@H]1O. The molecule has 0 radical (unpaired) electrons. The number of hydrogen-bond acceptors (Lipinski definition) is 27. The zero-order valence-corrected chi connectivity index (χ0v) is 41.4. The van der Waals surface area contributed by atoms with E-state index < -0.39 is 155 Å². The van der Waals surface area contributed by atoms with Crippen LogP contribution in [-0.4, -0.2) is 207 Å². The molecule has 8 saturated heterocycles. The van der Waals surface area contributed by atoms with Crippen LogP contribution >= 0.6 is 0 Å². The van der Waals surface area contributed by atoms with Crippen molar-refractivity contribution < 1.29 is 128 Å². The molecule has 398 valence electrons. The van der Waals surface area contributed by atoms with Crippen LogP contribution in [0.5, 0.6) is 0 Å². The molecule has 0 amide bonds. The van der Waals surface area contributed by atoms with E-state index in [0.29, 0.717) is 0 Å². The van der Waals surface area contributed by atoms with Crippen LogP contribution in [0.25, 0.3) is 0 Å². The summed E-state index contributed by atoms with van der Waals surface area (Å²) in [6.07, 6.45) is -10.3. The molecule has 4 unspecified atom stereocenters. The number of carbonyl (C=O) groups excluding carboxylic acids is 4. The third-order valence-electron chi connectivity index (χ3n) is 10.6. The molecule has 0 aromatic rings. The van der Waals surface area contributed by atoms with Crippen molar-refractivity contribution in [3.8, 4) is 0 Å². The smallest absolute Gasteiger partial charge is 0.302 e. The molecular formula is C41H66O27S. The summed E-state index contributed by atoms with van der Waals surface area (Å²) >= 11 is 0. The zero-order valence-electron chi connectivity index (χ0n) is 40.6. The van der Waals surface area contributed by atoms with Crippen LogP contribution in [0.3, 0.4) is 0 Å². The zero-order chi connectivity index (χ0) is 51.8. The molecule has 8 heterocycles. The fraction of sp³-hybridized carbons (Fsp3) is 0.902. The van der Waals surface area contributed by atoms with Gasteiger partial charge in [0, 0.05) is 27.7 Å². The van der Waals surface area contributed by atoms with Gasteiger partial charge in [-0.2, -0.15) is 8.42 Å². The summed E-state index contributed by atoms with van der Waals surface area (Å²) in [4.78, 5) is 42.8. The summed E-state index contributed by atoms with van der Waals surface area (Å²) in [5.41, 5.74) is 0. The quantitative estimate of drug-likeness (QED) is 0.0833. The van der Waals surface area contributed by atoms with E-state index in [-0.39, 0.29) is 26.4 Å². The van der Waals surface area contributed by atoms with Crippen LogP contribution in [0.2, 0.25) is 0 Å². The van der Waals surface area contributed by atoms with E-state index in [1.54, 1.807) is 55.4 Å². The largest absolute Gasteiger partial charge is 0.463 e. The van der Waals surface area contributed by atoms with Gasteiger partial charge in [-0.25, -0.2) is 0 Å². The molecule has 69 heavy (non-hydrogen) atoms. The maximum absolute atomic E-state index is 11.3. The Hall–Kier alpha value is -2.85. The van der Waals surface area contributed by atoms with Crippen molar-refractivity contribution in [3.63, 3.8) is 0 Å². The predicted molar refractivity (Wildman–Crippen MR) is 220 cm³/mol. The first kappa shape index (κ1) is 57.1. The molecule has 8 aliphatic heterocycles. The molecule has 4 N–H and O–H groups in total. The number of aliphatic hydroxyl groups excluding tert-OH is 2. The van der Waals surface area contributed by atoms with Gasteiger partial charge in [0.2, 0.25) is 5.79 Å². The van der Waals surface area contributed by atoms with Gasteiger partial charge < -0.3 is 96.2 Å². The Morgan fingerprint density at radius 3 is 1.19 bits per heavy atom. The lowest BCUT2D eigenvalue weighted by Gasteiger charge is -2.28. The molecule has 0 bridgehead atoms. The fourth-order valence-electron chi connectivity index (χ4n) is 7.91. The van der Waals surface area contributed by atoms with Gasteiger partial charge in [-0.15, -0.1) is 0 Å². The van der Waals surface area contributed by atoms with Gasteiger partial charge >= 0.3 is 23.9 Å². The molecule has 8 rings (SSSR count). The minimum atomic E-state index is -3.71. The van der Waals surface area contributed by atoms with Gasteiger partial charge in [0.25, 0.3) is 10.1 Å². The maximum atomic E-state index is 11.3. The van der Waals surface area contributed by atoms with Crippen LogP contribution in [0, 0.1) is 0 Å².